The highest BCUT2D eigenvalue weighted by atomic mass is 16.3. The second kappa shape index (κ2) is 6.32. The fourth-order valence-corrected chi connectivity index (χ4v) is 4.13. The lowest BCUT2D eigenvalue weighted by Gasteiger charge is -2.36. The molecule has 3 rings (SSSR count). The molecule has 6 nitrogen and oxygen atoms in total. The van der Waals surface area contributed by atoms with E-state index < -0.39 is 0 Å². The predicted molar refractivity (Wildman–Crippen MR) is 77.7 cm³/mol. The van der Waals surface area contributed by atoms with Crippen LogP contribution in [0.3, 0.4) is 0 Å². The number of aliphatic hydroxyl groups is 1. The highest BCUT2D eigenvalue weighted by molar-refractivity contribution is 5.95. The average molecular weight is 295 g/mol. The van der Waals surface area contributed by atoms with Gasteiger partial charge in [0.05, 0.1) is 12.6 Å². The van der Waals surface area contributed by atoms with Crippen LogP contribution in [0.4, 0.5) is 4.79 Å². The number of amides is 3. The first-order chi connectivity index (χ1) is 10.1. The minimum absolute atomic E-state index is 0.221. The van der Waals surface area contributed by atoms with Gasteiger partial charge in [0, 0.05) is 18.1 Å². The molecule has 2 bridgehead atoms. The summed E-state index contributed by atoms with van der Waals surface area (Å²) in [4.78, 5) is 26.0. The number of nitrogens with zero attached hydrogens (tertiary/aromatic N) is 1. The van der Waals surface area contributed by atoms with E-state index in [4.69, 9.17) is 0 Å². The molecule has 118 valence electrons. The number of hydrogen-bond donors (Lipinski definition) is 3. The molecular formula is C15H25N3O3. The molecule has 2 heterocycles. The molecular weight excluding hydrogens is 270 g/mol. The van der Waals surface area contributed by atoms with Gasteiger partial charge in [-0.3, -0.25) is 15.0 Å². The Labute approximate surface area is 125 Å². The largest absolute Gasteiger partial charge is 0.393 e. The molecule has 3 amide bonds. The number of carbonyl (C=O) groups excluding carboxylic acids is 2. The summed E-state index contributed by atoms with van der Waals surface area (Å²) in [5.41, 5.74) is 0. The Morgan fingerprint density at radius 3 is 2.29 bits per heavy atom. The smallest absolute Gasteiger partial charge is 0.321 e. The van der Waals surface area contributed by atoms with Crippen molar-refractivity contribution in [3.8, 4) is 0 Å². The first-order valence-electron chi connectivity index (χ1n) is 8.16. The Morgan fingerprint density at radius 1 is 1.05 bits per heavy atom. The van der Waals surface area contributed by atoms with E-state index in [2.05, 4.69) is 15.5 Å². The standard InChI is InChI=1S/C15H25N3O3/c19-13-7-11-5-6-12(8-13)18(11)9-14(20)17-15(21)16-10-3-1-2-4-10/h10-13,19H,1-9H2,(H2,16,17,20,21). The number of urea groups is 1. The van der Waals surface area contributed by atoms with Gasteiger partial charge < -0.3 is 10.4 Å². The van der Waals surface area contributed by atoms with Crippen LogP contribution in [0, 0.1) is 0 Å². The van der Waals surface area contributed by atoms with E-state index >= 15 is 0 Å². The van der Waals surface area contributed by atoms with Gasteiger partial charge in [0.1, 0.15) is 0 Å². The van der Waals surface area contributed by atoms with Crippen LogP contribution in [0.5, 0.6) is 0 Å². The number of piperidine rings is 1. The summed E-state index contributed by atoms with van der Waals surface area (Å²) in [5, 5.41) is 15.1. The van der Waals surface area contributed by atoms with Crippen LogP contribution in [0.15, 0.2) is 0 Å². The molecule has 3 N–H and O–H groups in total. The monoisotopic (exact) mass is 295 g/mol. The van der Waals surface area contributed by atoms with Crippen molar-refractivity contribution in [1.29, 1.82) is 0 Å². The molecule has 3 aliphatic rings. The highest BCUT2D eigenvalue weighted by Crippen LogP contribution is 2.35. The van der Waals surface area contributed by atoms with Gasteiger partial charge in [0.25, 0.3) is 0 Å². The van der Waals surface area contributed by atoms with Crippen LogP contribution in [0.25, 0.3) is 0 Å². The normalized spacial score (nSPS) is 33.1. The number of imide groups is 1. The van der Waals surface area contributed by atoms with E-state index in [-0.39, 0.29) is 30.6 Å². The van der Waals surface area contributed by atoms with E-state index in [1.165, 1.54) is 0 Å². The van der Waals surface area contributed by atoms with Crippen LogP contribution >= 0.6 is 0 Å². The van der Waals surface area contributed by atoms with Crippen molar-refractivity contribution in [3.63, 3.8) is 0 Å². The van der Waals surface area contributed by atoms with Gasteiger partial charge >= 0.3 is 6.03 Å². The number of rotatable bonds is 3. The van der Waals surface area contributed by atoms with Crippen molar-refractivity contribution in [3.05, 3.63) is 0 Å². The molecule has 2 unspecified atom stereocenters. The molecule has 0 aromatic heterocycles. The maximum atomic E-state index is 12.0. The Morgan fingerprint density at radius 2 is 1.67 bits per heavy atom. The molecule has 1 saturated carbocycles. The van der Waals surface area contributed by atoms with Crippen molar-refractivity contribution in [2.45, 2.75) is 75.6 Å². The zero-order valence-corrected chi connectivity index (χ0v) is 12.4. The van der Waals surface area contributed by atoms with Crippen molar-refractivity contribution < 1.29 is 14.7 Å². The quantitative estimate of drug-likeness (QED) is 0.717. The Balaban J connectivity index is 1.45. The summed E-state index contributed by atoms with van der Waals surface area (Å²) in [6.45, 7) is 0.264. The molecule has 2 atom stereocenters. The zero-order valence-electron chi connectivity index (χ0n) is 12.4. The number of hydrogen-bond acceptors (Lipinski definition) is 4. The third kappa shape index (κ3) is 3.55. The van der Waals surface area contributed by atoms with Crippen molar-refractivity contribution in [2.75, 3.05) is 6.54 Å². The molecule has 0 aromatic carbocycles. The lowest BCUT2D eigenvalue weighted by atomic mass is 10.00. The Hall–Kier alpha value is -1.14. The van der Waals surface area contributed by atoms with Gasteiger partial charge in [-0.05, 0) is 38.5 Å². The molecule has 1 aliphatic carbocycles. The summed E-state index contributed by atoms with van der Waals surface area (Å²) in [5.74, 6) is -0.237. The zero-order chi connectivity index (χ0) is 14.8. The first kappa shape index (κ1) is 14.8. The summed E-state index contributed by atoms with van der Waals surface area (Å²) in [7, 11) is 0. The van der Waals surface area contributed by atoms with E-state index in [1.54, 1.807) is 0 Å². The maximum absolute atomic E-state index is 12.0. The van der Waals surface area contributed by atoms with Crippen LogP contribution in [0.1, 0.15) is 51.4 Å². The molecule has 6 heteroatoms. The SMILES string of the molecule is O=C(CN1C2CCC1CC(O)C2)NC(=O)NC1CCCC1. The molecule has 0 radical (unpaired) electrons. The minimum Gasteiger partial charge on any atom is -0.393 e. The van der Waals surface area contributed by atoms with Crippen LogP contribution in [0.2, 0.25) is 0 Å². The number of fused-ring (bicyclic) bond motifs is 2. The molecule has 0 aromatic rings. The molecule has 2 saturated heterocycles. The lowest BCUT2D eigenvalue weighted by molar-refractivity contribution is -0.122. The number of carbonyl (C=O) groups is 2. The lowest BCUT2D eigenvalue weighted by Crippen LogP contribution is -2.51. The topological polar surface area (TPSA) is 81.7 Å². The third-order valence-corrected chi connectivity index (χ3v) is 5.13. The van der Waals surface area contributed by atoms with E-state index in [0.29, 0.717) is 12.1 Å². The summed E-state index contributed by atoms with van der Waals surface area (Å²) in [6.07, 6.45) is 7.68. The van der Waals surface area contributed by atoms with E-state index in [9.17, 15) is 14.7 Å². The average Bonchev–Trinajstić information content (AvgIpc) is 2.97. The number of nitrogens with one attached hydrogen (secondary N) is 2. The van der Waals surface area contributed by atoms with E-state index in [0.717, 1.165) is 51.4 Å². The number of aliphatic hydroxyl groups excluding tert-OH is 1. The van der Waals surface area contributed by atoms with Gasteiger partial charge in [0.2, 0.25) is 5.91 Å². The summed E-state index contributed by atoms with van der Waals surface area (Å²) in [6, 6.07) is 0.445. The van der Waals surface area contributed by atoms with Gasteiger partial charge in [-0.1, -0.05) is 12.8 Å². The van der Waals surface area contributed by atoms with Crippen LogP contribution < -0.4 is 10.6 Å². The van der Waals surface area contributed by atoms with Crippen molar-refractivity contribution in [2.24, 2.45) is 0 Å². The Kier molecular flexibility index (Phi) is 4.45. The van der Waals surface area contributed by atoms with Gasteiger partial charge in [-0.2, -0.15) is 0 Å². The second-order valence-electron chi connectivity index (χ2n) is 6.69. The fraction of sp³-hybridized carbons (Fsp3) is 0.867. The van der Waals surface area contributed by atoms with Gasteiger partial charge in [0.15, 0.2) is 0 Å². The van der Waals surface area contributed by atoms with Crippen molar-refractivity contribution in [1.82, 2.24) is 15.5 Å². The second-order valence-corrected chi connectivity index (χ2v) is 6.69. The molecule has 0 spiro atoms. The fourth-order valence-electron chi connectivity index (χ4n) is 4.13. The third-order valence-electron chi connectivity index (χ3n) is 5.13. The van der Waals surface area contributed by atoms with Gasteiger partial charge in [-0.25, -0.2) is 4.79 Å². The van der Waals surface area contributed by atoms with Crippen molar-refractivity contribution >= 4 is 11.9 Å². The highest BCUT2D eigenvalue weighted by Gasteiger charge is 2.40. The molecule has 3 fully saturated rings. The molecule has 2 aliphatic heterocycles. The Bertz CT molecular complexity index is 395. The first-order valence-corrected chi connectivity index (χ1v) is 8.16. The molecule has 21 heavy (non-hydrogen) atoms. The predicted octanol–water partition coefficient (Wildman–Crippen LogP) is 0.742. The summed E-state index contributed by atoms with van der Waals surface area (Å²) >= 11 is 0. The minimum atomic E-state index is -0.365. The summed E-state index contributed by atoms with van der Waals surface area (Å²) < 4.78 is 0. The van der Waals surface area contributed by atoms with E-state index in [1.807, 2.05) is 0 Å². The van der Waals surface area contributed by atoms with Crippen LogP contribution in [-0.2, 0) is 4.79 Å². The van der Waals surface area contributed by atoms with Gasteiger partial charge in [-0.15, -0.1) is 0 Å². The maximum Gasteiger partial charge on any atom is 0.321 e. The van der Waals surface area contributed by atoms with Crippen LogP contribution in [-0.4, -0.2) is 52.7 Å².